The minimum Gasteiger partial charge on any atom is -0.454 e. The molecule has 0 unspecified atom stereocenters. The lowest BCUT2D eigenvalue weighted by atomic mass is 10.2. The van der Waals surface area contributed by atoms with Crippen molar-refractivity contribution in [1.29, 1.82) is 5.26 Å². The van der Waals surface area contributed by atoms with Crippen LogP contribution in [0.15, 0.2) is 76.8 Å². The molecule has 5 aromatic rings. The van der Waals surface area contributed by atoms with Gasteiger partial charge in [0.15, 0.2) is 11.4 Å². The minimum absolute atomic E-state index is 0.0144. The minimum atomic E-state index is -4.66. The average Bonchev–Trinajstić information content (AvgIpc) is 3.30. The van der Waals surface area contributed by atoms with Gasteiger partial charge in [-0.15, -0.1) is 0 Å². The Labute approximate surface area is 258 Å². The fraction of sp³-hybridized carbons (Fsp3) is 0.143. The largest absolute Gasteiger partial charge is 0.454 e. The van der Waals surface area contributed by atoms with E-state index in [1.807, 2.05) is 6.07 Å². The number of alkyl halides is 3. The van der Waals surface area contributed by atoms with Gasteiger partial charge in [-0.25, -0.2) is 9.97 Å². The number of nitrogens with one attached hydrogen (secondary N) is 2. The maximum atomic E-state index is 13.2. The number of nitriles is 1. The molecule has 0 saturated carbocycles. The second-order valence-corrected chi connectivity index (χ2v) is 10.8. The summed E-state index contributed by atoms with van der Waals surface area (Å²) >= 11 is 0. The van der Waals surface area contributed by atoms with Crippen molar-refractivity contribution in [3.63, 3.8) is 0 Å². The molecule has 0 atom stereocenters. The number of amides is 1. The highest BCUT2D eigenvalue weighted by Crippen LogP contribution is 2.33. The van der Waals surface area contributed by atoms with Crippen LogP contribution < -0.4 is 20.9 Å². The molecule has 1 aromatic carbocycles. The molecule has 0 spiro atoms. The zero-order valence-electron chi connectivity index (χ0n) is 24.1. The van der Waals surface area contributed by atoms with E-state index in [9.17, 15) is 36.4 Å². The highest BCUT2D eigenvalue weighted by atomic mass is 32.2. The van der Waals surface area contributed by atoms with Crippen molar-refractivity contribution in [3.8, 4) is 17.6 Å². The predicted octanol–water partition coefficient (Wildman–Crippen LogP) is 4.38. The van der Waals surface area contributed by atoms with Crippen LogP contribution in [0.3, 0.4) is 0 Å². The lowest BCUT2D eigenvalue weighted by Gasteiger charge is -2.12. The summed E-state index contributed by atoms with van der Waals surface area (Å²) in [6.07, 6.45) is -1.31. The van der Waals surface area contributed by atoms with Gasteiger partial charge in [-0.1, -0.05) is 18.2 Å². The molecule has 18 heteroatoms. The maximum Gasteiger partial charge on any atom is 0.417 e. The normalized spacial score (nSPS) is 11.3. The van der Waals surface area contributed by atoms with Crippen LogP contribution in [0.5, 0.6) is 11.5 Å². The van der Waals surface area contributed by atoms with Gasteiger partial charge in [0.1, 0.15) is 34.4 Å². The quantitative estimate of drug-likeness (QED) is 0.220. The molecule has 5 rings (SSSR count). The van der Waals surface area contributed by atoms with E-state index < -0.39 is 27.4 Å². The first kappa shape index (κ1) is 33.1. The Morgan fingerprint density at radius 2 is 1.80 bits per heavy atom. The van der Waals surface area contributed by atoms with E-state index in [4.69, 9.17) is 9.29 Å². The Hall–Kier alpha value is -5.80. The first-order valence-electron chi connectivity index (χ1n) is 12.8. The second kappa shape index (κ2) is 13.1. The average molecular weight is 657 g/mol. The smallest absolute Gasteiger partial charge is 0.417 e. The molecular formula is C28H23F3N8O6S. The molecule has 0 bridgehead atoms. The van der Waals surface area contributed by atoms with Gasteiger partial charge in [0, 0.05) is 39.5 Å². The number of hydrogen-bond acceptors (Lipinski definition) is 10. The molecule has 1 amide bonds. The molecule has 4 heterocycles. The molecular weight excluding hydrogens is 633 g/mol. The number of aryl methyl sites for hydroxylation is 2. The van der Waals surface area contributed by atoms with Gasteiger partial charge in [-0.05, 0) is 24.3 Å². The number of benzene rings is 1. The first-order valence-corrected chi connectivity index (χ1v) is 14.3. The molecule has 0 radical (unpaired) electrons. The monoisotopic (exact) mass is 656 g/mol. The van der Waals surface area contributed by atoms with Gasteiger partial charge in [0.05, 0.1) is 16.7 Å². The van der Waals surface area contributed by atoms with E-state index in [0.29, 0.717) is 12.3 Å². The number of pyridine rings is 3. The molecule has 4 aromatic heterocycles. The highest BCUT2D eigenvalue weighted by Gasteiger charge is 2.32. The number of carbonyl (C=O) groups excluding carboxylic acids is 1. The number of anilines is 3. The number of ether oxygens (including phenoxy) is 1. The molecule has 3 N–H and O–H groups in total. The van der Waals surface area contributed by atoms with Gasteiger partial charge < -0.3 is 24.5 Å². The molecule has 0 aliphatic rings. The van der Waals surface area contributed by atoms with E-state index in [1.54, 1.807) is 18.2 Å². The third-order valence-corrected chi connectivity index (χ3v) is 6.91. The number of aromatic nitrogens is 5. The Morgan fingerprint density at radius 1 is 1.11 bits per heavy atom. The van der Waals surface area contributed by atoms with E-state index in [-0.39, 0.29) is 56.5 Å². The van der Waals surface area contributed by atoms with Crippen molar-refractivity contribution in [1.82, 2.24) is 24.1 Å². The van der Waals surface area contributed by atoms with Crippen molar-refractivity contribution in [2.24, 2.45) is 14.1 Å². The van der Waals surface area contributed by atoms with Gasteiger partial charge in [-0.2, -0.15) is 31.8 Å². The molecule has 46 heavy (non-hydrogen) atoms. The van der Waals surface area contributed by atoms with E-state index in [2.05, 4.69) is 25.6 Å². The van der Waals surface area contributed by atoms with Crippen LogP contribution in [0.2, 0.25) is 0 Å². The SMILES string of the molecule is CC(=O)Nc1cc(Oc2cnc3nc(Nc4cc(C(F)(F)F)cn(C)c4=O)n(C)c3c2C#N)ccn1.O=S(=O)(O)c1ccccc1. The molecule has 0 fully saturated rings. The van der Waals surface area contributed by atoms with Crippen LogP contribution in [0.25, 0.3) is 11.2 Å². The van der Waals surface area contributed by atoms with Gasteiger partial charge in [0.25, 0.3) is 15.7 Å². The lowest BCUT2D eigenvalue weighted by molar-refractivity contribution is -0.138. The standard InChI is InChI=1S/C22H17F3N8O3.C6H6O3S/c1-11(34)29-17-7-13(4-5-27-17)36-16-9-28-19-18(14(16)8-26)33(3)21(31-19)30-15-6-12(22(23,24)25)10-32(2)20(15)35;7-10(8,9)6-4-2-1-3-5-6/h4-7,9-10H,1-3H3,(H,27,29,34)(H,28,30,31);1-5H,(H,7,8,9). The Kier molecular flexibility index (Phi) is 9.39. The molecule has 0 saturated heterocycles. The summed E-state index contributed by atoms with van der Waals surface area (Å²) in [4.78, 5) is 36.0. The van der Waals surface area contributed by atoms with Crippen molar-refractivity contribution in [3.05, 3.63) is 88.6 Å². The van der Waals surface area contributed by atoms with Crippen LogP contribution in [-0.2, 0) is 35.2 Å². The molecule has 0 aliphatic carbocycles. The van der Waals surface area contributed by atoms with Gasteiger partial charge >= 0.3 is 6.18 Å². The van der Waals surface area contributed by atoms with Crippen LogP contribution in [0, 0.1) is 11.3 Å². The summed E-state index contributed by atoms with van der Waals surface area (Å²) in [5.41, 5.74) is -1.73. The maximum absolute atomic E-state index is 13.2. The van der Waals surface area contributed by atoms with Gasteiger partial charge in [0.2, 0.25) is 11.9 Å². The number of hydrogen-bond donors (Lipinski definition) is 3. The molecule has 238 valence electrons. The van der Waals surface area contributed by atoms with Crippen LogP contribution in [0.4, 0.5) is 30.6 Å². The third-order valence-electron chi connectivity index (χ3n) is 6.04. The number of carbonyl (C=O) groups is 1. The number of halogens is 3. The van der Waals surface area contributed by atoms with E-state index >= 15 is 0 Å². The summed E-state index contributed by atoms with van der Waals surface area (Å²) in [5, 5.41) is 15.0. The van der Waals surface area contributed by atoms with Crippen LogP contribution in [-0.4, -0.2) is 43.0 Å². The molecule has 0 aliphatic heterocycles. The highest BCUT2D eigenvalue weighted by molar-refractivity contribution is 7.85. The van der Waals surface area contributed by atoms with Crippen LogP contribution in [0.1, 0.15) is 18.1 Å². The lowest BCUT2D eigenvalue weighted by Crippen LogP contribution is -2.23. The summed E-state index contributed by atoms with van der Waals surface area (Å²) < 4.78 is 76.9. The predicted molar refractivity (Wildman–Crippen MR) is 158 cm³/mol. The summed E-state index contributed by atoms with van der Waals surface area (Å²) in [5.74, 6) is 0.224. The second-order valence-electron chi connectivity index (χ2n) is 9.41. The number of imidazole rings is 1. The zero-order valence-corrected chi connectivity index (χ0v) is 24.9. The Bertz CT molecular complexity index is 2140. The molecule has 14 nitrogen and oxygen atoms in total. The van der Waals surface area contributed by atoms with E-state index in [0.717, 1.165) is 4.57 Å². The summed E-state index contributed by atoms with van der Waals surface area (Å²) in [6, 6.07) is 13.1. The summed E-state index contributed by atoms with van der Waals surface area (Å²) in [6.45, 7) is 1.32. The van der Waals surface area contributed by atoms with Crippen molar-refractivity contribution < 1.29 is 35.7 Å². The summed E-state index contributed by atoms with van der Waals surface area (Å²) in [7, 11) is -1.30. The van der Waals surface area contributed by atoms with E-state index in [1.165, 1.54) is 62.2 Å². The van der Waals surface area contributed by atoms with Crippen molar-refractivity contribution in [2.45, 2.75) is 18.0 Å². The third kappa shape index (κ3) is 7.64. The van der Waals surface area contributed by atoms with Crippen molar-refractivity contribution >= 4 is 44.6 Å². The Balaban J connectivity index is 0.000000409. The van der Waals surface area contributed by atoms with Gasteiger partial charge in [-0.3, -0.25) is 14.1 Å². The first-order chi connectivity index (χ1) is 21.6. The fourth-order valence-electron chi connectivity index (χ4n) is 3.97. The topological polar surface area (TPSA) is 194 Å². The number of fused-ring (bicyclic) bond motifs is 1. The number of rotatable bonds is 6. The van der Waals surface area contributed by atoms with Crippen molar-refractivity contribution in [2.75, 3.05) is 10.6 Å². The Morgan fingerprint density at radius 3 is 2.39 bits per heavy atom. The fourth-order valence-corrected chi connectivity index (χ4v) is 4.47. The zero-order chi connectivity index (χ0) is 33.8. The van der Waals surface area contributed by atoms with Crippen LogP contribution >= 0.6 is 0 Å². The number of nitrogens with zero attached hydrogens (tertiary/aromatic N) is 6.